The summed E-state index contributed by atoms with van der Waals surface area (Å²) < 4.78 is 0. The molecule has 0 aliphatic carbocycles. The number of amides is 4. The lowest BCUT2D eigenvalue weighted by molar-refractivity contribution is -0.144. The van der Waals surface area contributed by atoms with Crippen molar-refractivity contribution < 1.29 is 34.2 Å². The maximum atomic E-state index is 13.1. The lowest BCUT2D eigenvalue weighted by Crippen LogP contribution is -2.59. The maximum Gasteiger partial charge on any atom is 0.326 e. The largest absolute Gasteiger partial charge is 0.508 e. The summed E-state index contributed by atoms with van der Waals surface area (Å²) in [6.45, 7) is 6.87. The van der Waals surface area contributed by atoms with Gasteiger partial charge < -0.3 is 37.6 Å². The van der Waals surface area contributed by atoms with Gasteiger partial charge in [0.05, 0.1) is 12.5 Å². The van der Waals surface area contributed by atoms with Crippen molar-refractivity contribution in [2.24, 2.45) is 23.3 Å². The van der Waals surface area contributed by atoms with Gasteiger partial charge in [0.2, 0.25) is 23.6 Å². The number of carbonyl (C=O) groups excluding carboxylic acids is 4. The zero-order valence-electron chi connectivity index (χ0n) is 21.0. The molecule has 12 heteroatoms. The van der Waals surface area contributed by atoms with Crippen LogP contribution >= 0.6 is 0 Å². The monoisotopic (exact) mass is 507 g/mol. The number of primary amides is 1. The first-order valence-electron chi connectivity index (χ1n) is 11.7. The number of carbonyl (C=O) groups is 5. The summed E-state index contributed by atoms with van der Waals surface area (Å²) in [5.41, 5.74) is 11.6. The van der Waals surface area contributed by atoms with Crippen LogP contribution in [0, 0.1) is 11.8 Å². The van der Waals surface area contributed by atoms with Gasteiger partial charge in [-0.25, -0.2) is 4.79 Å². The Morgan fingerprint density at radius 2 is 1.42 bits per heavy atom. The minimum absolute atomic E-state index is 0.00257. The van der Waals surface area contributed by atoms with E-state index in [9.17, 15) is 34.2 Å². The van der Waals surface area contributed by atoms with Gasteiger partial charge in [0, 0.05) is 6.42 Å². The normalized spacial score (nSPS) is 15.2. The van der Waals surface area contributed by atoms with Crippen LogP contribution in [0.25, 0.3) is 0 Å². The molecule has 0 bridgehead atoms. The average Bonchev–Trinajstić information content (AvgIpc) is 2.81. The van der Waals surface area contributed by atoms with Crippen molar-refractivity contribution in [3.05, 3.63) is 29.8 Å². The van der Waals surface area contributed by atoms with E-state index in [4.69, 9.17) is 11.5 Å². The van der Waals surface area contributed by atoms with E-state index in [0.29, 0.717) is 12.0 Å². The van der Waals surface area contributed by atoms with Crippen LogP contribution in [-0.2, 0) is 30.4 Å². The molecule has 9 N–H and O–H groups in total. The van der Waals surface area contributed by atoms with E-state index in [2.05, 4.69) is 16.0 Å². The molecule has 0 aromatic heterocycles. The number of aliphatic carboxylic acids is 1. The van der Waals surface area contributed by atoms with E-state index < -0.39 is 66.1 Å². The SMILES string of the molecule is CCC(C)C(NC(=O)C(Cc1ccc(O)cc1)NC(=O)C(CC(N)=O)NC(=O)C(N)C(C)C)C(=O)O. The Kier molecular flexibility index (Phi) is 11.8. The lowest BCUT2D eigenvalue weighted by atomic mass is 9.98. The molecule has 200 valence electrons. The smallest absolute Gasteiger partial charge is 0.326 e. The van der Waals surface area contributed by atoms with Crippen molar-refractivity contribution in [2.75, 3.05) is 0 Å². The Hall–Kier alpha value is -3.67. The summed E-state index contributed by atoms with van der Waals surface area (Å²) in [6.07, 6.45) is -0.122. The maximum absolute atomic E-state index is 13.1. The van der Waals surface area contributed by atoms with Gasteiger partial charge in [-0.15, -0.1) is 0 Å². The molecule has 0 saturated heterocycles. The molecule has 0 aliphatic rings. The van der Waals surface area contributed by atoms with Crippen molar-refractivity contribution in [2.45, 2.75) is 71.1 Å². The van der Waals surface area contributed by atoms with Gasteiger partial charge in [0.1, 0.15) is 23.9 Å². The minimum atomic E-state index is -1.40. The molecule has 1 aromatic rings. The predicted molar refractivity (Wildman–Crippen MR) is 131 cm³/mol. The van der Waals surface area contributed by atoms with Gasteiger partial charge in [-0.05, 0) is 29.5 Å². The molecule has 1 aromatic carbocycles. The molecule has 0 radical (unpaired) electrons. The van der Waals surface area contributed by atoms with Gasteiger partial charge in [-0.3, -0.25) is 19.2 Å². The summed E-state index contributed by atoms with van der Waals surface area (Å²) in [5, 5.41) is 26.4. The molecule has 0 spiro atoms. The van der Waals surface area contributed by atoms with Gasteiger partial charge in [-0.2, -0.15) is 0 Å². The fourth-order valence-corrected chi connectivity index (χ4v) is 3.27. The van der Waals surface area contributed by atoms with Gasteiger partial charge in [0.25, 0.3) is 0 Å². The van der Waals surface area contributed by atoms with Crippen LogP contribution in [0.2, 0.25) is 0 Å². The standard InChI is InChI=1S/C24H37N5O7/c1-5-13(4)20(24(35)36)29-22(33)16(10-14-6-8-15(30)9-7-14)27-21(32)17(11-18(25)31)28-23(34)19(26)12(2)3/h6-9,12-13,16-17,19-20,30H,5,10-11,26H2,1-4H3,(H2,25,31)(H,27,32)(H,28,34)(H,29,33)(H,35,36). The predicted octanol–water partition coefficient (Wildman–Crippen LogP) is -0.621. The van der Waals surface area contributed by atoms with Crippen LogP contribution < -0.4 is 27.4 Å². The van der Waals surface area contributed by atoms with Crippen LogP contribution in [0.1, 0.15) is 46.1 Å². The van der Waals surface area contributed by atoms with E-state index in [-0.39, 0.29) is 18.1 Å². The molecule has 5 unspecified atom stereocenters. The number of hydrogen-bond donors (Lipinski definition) is 7. The summed E-state index contributed by atoms with van der Waals surface area (Å²) in [5.74, 6) is -5.05. The second-order valence-corrected chi connectivity index (χ2v) is 9.14. The number of hydrogen-bond acceptors (Lipinski definition) is 7. The minimum Gasteiger partial charge on any atom is -0.508 e. The Morgan fingerprint density at radius 3 is 1.89 bits per heavy atom. The third-order valence-electron chi connectivity index (χ3n) is 5.85. The topological polar surface area (TPSA) is 214 Å². The van der Waals surface area contributed by atoms with Crippen LogP contribution in [0.4, 0.5) is 0 Å². The van der Waals surface area contributed by atoms with E-state index in [1.807, 2.05) is 0 Å². The molecule has 0 fully saturated rings. The van der Waals surface area contributed by atoms with Crippen molar-refractivity contribution in [1.29, 1.82) is 0 Å². The number of phenolic OH excluding ortho intramolecular Hbond substituents is 1. The third kappa shape index (κ3) is 9.53. The fraction of sp³-hybridized carbons (Fsp3) is 0.542. The first kappa shape index (κ1) is 30.4. The molecule has 12 nitrogen and oxygen atoms in total. The van der Waals surface area contributed by atoms with Gasteiger partial charge in [0.15, 0.2) is 0 Å². The zero-order valence-corrected chi connectivity index (χ0v) is 21.0. The van der Waals surface area contributed by atoms with Crippen molar-refractivity contribution >= 4 is 29.6 Å². The highest BCUT2D eigenvalue weighted by Gasteiger charge is 2.33. The first-order valence-corrected chi connectivity index (χ1v) is 11.7. The Morgan fingerprint density at radius 1 is 0.889 bits per heavy atom. The van der Waals surface area contributed by atoms with Crippen molar-refractivity contribution in [1.82, 2.24) is 16.0 Å². The highest BCUT2D eigenvalue weighted by atomic mass is 16.4. The number of nitrogens with two attached hydrogens (primary N) is 2. The summed E-state index contributed by atoms with van der Waals surface area (Å²) >= 11 is 0. The molecule has 1 rings (SSSR count). The molecule has 0 heterocycles. The van der Waals surface area contributed by atoms with Crippen LogP contribution in [0.5, 0.6) is 5.75 Å². The number of rotatable bonds is 14. The second-order valence-electron chi connectivity index (χ2n) is 9.14. The van der Waals surface area contributed by atoms with E-state index in [1.54, 1.807) is 27.7 Å². The molecular formula is C24H37N5O7. The van der Waals surface area contributed by atoms with Crippen molar-refractivity contribution in [3.8, 4) is 5.75 Å². The number of benzene rings is 1. The van der Waals surface area contributed by atoms with E-state index in [0.717, 1.165) is 0 Å². The molecular weight excluding hydrogens is 470 g/mol. The van der Waals surface area contributed by atoms with E-state index >= 15 is 0 Å². The van der Waals surface area contributed by atoms with Crippen molar-refractivity contribution in [3.63, 3.8) is 0 Å². The first-order chi connectivity index (χ1) is 16.8. The number of nitrogens with one attached hydrogen (secondary N) is 3. The van der Waals surface area contributed by atoms with Crippen LogP contribution in [0.3, 0.4) is 0 Å². The van der Waals surface area contributed by atoms with E-state index in [1.165, 1.54) is 24.3 Å². The second kappa shape index (κ2) is 14.0. The summed E-state index contributed by atoms with van der Waals surface area (Å²) in [6, 6.07) is 1.05. The quantitative estimate of drug-likeness (QED) is 0.172. The summed E-state index contributed by atoms with van der Waals surface area (Å²) in [4.78, 5) is 61.9. The highest BCUT2D eigenvalue weighted by molar-refractivity contribution is 5.96. The Bertz CT molecular complexity index is 935. The van der Waals surface area contributed by atoms with Crippen LogP contribution in [-0.4, -0.2) is 64.0 Å². The fourth-order valence-electron chi connectivity index (χ4n) is 3.27. The molecule has 4 amide bonds. The number of carboxylic acids is 1. The Balaban J connectivity index is 3.21. The lowest BCUT2D eigenvalue weighted by Gasteiger charge is -2.26. The van der Waals surface area contributed by atoms with Crippen LogP contribution in [0.15, 0.2) is 24.3 Å². The third-order valence-corrected chi connectivity index (χ3v) is 5.85. The molecule has 36 heavy (non-hydrogen) atoms. The molecule has 0 saturated carbocycles. The molecule has 5 atom stereocenters. The number of phenols is 1. The highest BCUT2D eigenvalue weighted by Crippen LogP contribution is 2.13. The molecule has 0 aliphatic heterocycles. The number of aromatic hydroxyl groups is 1. The Labute approximate surface area is 210 Å². The van der Waals surface area contributed by atoms with Gasteiger partial charge >= 0.3 is 5.97 Å². The van der Waals surface area contributed by atoms with Gasteiger partial charge in [-0.1, -0.05) is 46.2 Å². The number of carboxylic acid groups (broad SMARTS) is 1. The summed E-state index contributed by atoms with van der Waals surface area (Å²) in [7, 11) is 0. The average molecular weight is 508 g/mol. The zero-order chi connectivity index (χ0) is 27.6.